The van der Waals surface area contributed by atoms with Crippen molar-refractivity contribution < 1.29 is 9.59 Å². The van der Waals surface area contributed by atoms with Crippen LogP contribution in [0, 0.1) is 12.8 Å². The Morgan fingerprint density at radius 3 is 2.39 bits per heavy atom. The van der Waals surface area contributed by atoms with Gasteiger partial charge in [0.2, 0.25) is 5.91 Å². The second-order valence-corrected chi connectivity index (χ2v) is 9.10. The Hall–Kier alpha value is -3.42. The lowest BCUT2D eigenvalue weighted by Gasteiger charge is -2.37. The standard InChI is InChI=1S/C25H30N6O2/c1-19-16-26-24-22(17-27-31(24)18-19)25(33)30-9-7-20(8-10-30)15-23(32)29-13-11-28(12-14-29)21-5-3-2-4-6-21/h2-6,16-18,20H,7-15H2,1H3. The third-order valence-electron chi connectivity index (χ3n) is 6.83. The molecule has 33 heavy (non-hydrogen) atoms. The van der Waals surface area contributed by atoms with Gasteiger partial charge < -0.3 is 14.7 Å². The maximum Gasteiger partial charge on any atom is 0.259 e. The van der Waals surface area contributed by atoms with E-state index >= 15 is 0 Å². The van der Waals surface area contributed by atoms with E-state index in [0.29, 0.717) is 36.6 Å². The number of aromatic nitrogens is 3. The number of hydrogen-bond acceptors (Lipinski definition) is 5. The number of aryl methyl sites for hydroxylation is 1. The van der Waals surface area contributed by atoms with Crippen LogP contribution in [-0.2, 0) is 4.79 Å². The zero-order valence-electron chi connectivity index (χ0n) is 19.1. The van der Waals surface area contributed by atoms with E-state index in [0.717, 1.165) is 44.6 Å². The lowest BCUT2D eigenvalue weighted by molar-refractivity contribution is -0.132. The highest BCUT2D eigenvalue weighted by Gasteiger charge is 2.29. The van der Waals surface area contributed by atoms with Gasteiger partial charge in [-0.2, -0.15) is 5.10 Å². The van der Waals surface area contributed by atoms with Crippen LogP contribution < -0.4 is 4.90 Å². The summed E-state index contributed by atoms with van der Waals surface area (Å²) >= 11 is 0. The van der Waals surface area contributed by atoms with E-state index in [-0.39, 0.29) is 11.8 Å². The van der Waals surface area contributed by atoms with Crippen LogP contribution in [0.5, 0.6) is 0 Å². The third kappa shape index (κ3) is 4.55. The van der Waals surface area contributed by atoms with Crippen molar-refractivity contribution in [2.75, 3.05) is 44.2 Å². The molecule has 5 rings (SSSR count). The van der Waals surface area contributed by atoms with Crippen molar-refractivity contribution >= 4 is 23.1 Å². The van der Waals surface area contributed by atoms with Crippen molar-refractivity contribution in [1.82, 2.24) is 24.4 Å². The fraction of sp³-hybridized carbons (Fsp3) is 0.440. The molecule has 0 saturated carbocycles. The fourth-order valence-electron chi connectivity index (χ4n) is 4.86. The van der Waals surface area contributed by atoms with Gasteiger partial charge in [0.25, 0.3) is 5.91 Å². The summed E-state index contributed by atoms with van der Waals surface area (Å²) in [5, 5.41) is 4.28. The van der Waals surface area contributed by atoms with E-state index < -0.39 is 0 Å². The molecule has 0 atom stereocenters. The maximum atomic E-state index is 13.0. The number of nitrogens with zero attached hydrogens (tertiary/aromatic N) is 6. The molecule has 8 nitrogen and oxygen atoms in total. The lowest BCUT2D eigenvalue weighted by atomic mass is 9.92. The Kier molecular flexibility index (Phi) is 5.98. The van der Waals surface area contributed by atoms with Crippen LogP contribution in [-0.4, -0.2) is 75.5 Å². The van der Waals surface area contributed by atoms with Crippen LogP contribution in [0.2, 0.25) is 0 Å². The summed E-state index contributed by atoms with van der Waals surface area (Å²) in [5.74, 6) is 0.552. The molecule has 0 aliphatic carbocycles. The molecular formula is C25H30N6O2. The topological polar surface area (TPSA) is 74.1 Å². The minimum Gasteiger partial charge on any atom is -0.368 e. The molecular weight excluding hydrogens is 416 g/mol. The molecule has 0 bridgehead atoms. The Labute approximate surface area is 193 Å². The zero-order chi connectivity index (χ0) is 22.8. The average molecular weight is 447 g/mol. The first kappa shape index (κ1) is 21.4. The number of rotatable bonds is 4. The molecule has 4 heterocycles. The number of benzene rings is 1. The third-order valence-corrected chi connectivity index (χ3v) is 6.83. The first-order chi connectivity index (χ1) is 16.1. The fourth-order valence-corrected chi connectivity index (χ4v) is 4.86. The first-order valence-electron chi connectivity index (χ1n) is 11.8. The van der Waals surface area contributed by atoms with Gasteiger partial charge in [0, 0.05) is 63.8 Å². The number of piperidine rings is 1. The van der Waals surface area contributed by atoms with Crippen LogP contribution in [0.3, 0.4) is 0 Å². The van der Waals surface area contributed by atoms with Gasteiger partial charge in [0.15, 0.2) is 5.65 Å². The molecule has 172 valence electrons. The predicted octanol–water partition coefficient (Wildman–Crippen LogP) is 2.63. The van der Waals surface area contributed by atoms with Gasteiger partial charge in [0.1, 0.15) is 5.56 Å². The van der Waals surface area contributed by atoms with Crippen molar-refractivity contribution in [2.45, 2.75) is 26.2 Å². The van der Waals surface area contributed by atoms with Crippen molar-refractivity contribution in [2.24, 2.45) is 5.92 Å². The number of amides is 2. The zero-order valence-corrected chi connectivity index (χ0v) is 19.1. The number of carbonyl (C=O) groups is 2. The summed E-state index contributed by atoms with van der Waals surface area (Å²) in [7, 11) is 0. The van der Waals surface area contributed by atoms with Crippen LogP contribution in [0.25, 0.3) is 5.65 Å². The SMILES string of the molecule is Cc1cnc2c(C(=O)N3CCC(CC(=O)N4CCN(c5ccccc5)CC4)CC3)cnn2c1. The summed E-state index contributed by atoms with van der Waals surface area (Å²) in [4.78, 5) is 36.5. The molecule has 2 aliphatic heterocycles. The van der Waals surface area contributed by atoms with Gasteiger partial charge >= 0.3 is 0 Å². The lowest BCUT2D eigenvalue weighted by Crippen LogP contribution is -2.49. The quantitative estimate of drug-likeness (QED) is 0.616. The van der Waals surface area contributed by atoms with Crippen LogP contribution in [0.15, 0.2) is 48.9 Å². The smallest absolute Gasteiger partial charge is 0.259 e. The van der Waals surface area contributed by atoms with E-state index in [1.54, 1.807) is 16.9 Å². The highest BCUT2D eigenvalue weighted by Crippen LogP contribution is 2.24. The number of fused-ring (bicyclic) bond motifs is 1. The predicted molar refractivity (Wildman–Crippen MR) is 126 cm³/mol. The van der Waals surface area contributed by atoms with E-state index in [1.807, 2.05) is 29.0 Å². The second kappa shape index (κ2) is 9.21. The Balaban J connectivity index is 1.11. The number of carbonyl (C=O) groups excluding carboxylic acids is 2. The first-order valence-corrected chi connectivity index (χ1v) is 11.8. The molecule has 8 heteroatoms. The van der Waals surface area contributed by atoms with Crippen LogP contribution in [0.1, 0.15) is 35.2 Å². The minimum atomic E-state index is -0.0248. The number of para-hydroxylation sites is 1. The highest BCUT2D eigenvalue weighted by molar-refractivity contribution is 5.99. The molecule has 2 aliphatic rings. The van der Waals surface area contributed by atoms with Gasteiger partial charge in [-0.3, -0.25) is 9.59 Å². The molecule has 2 amide bonds. The van der Waals surface area contributed by atoms with Crippen molar-refractivity contribution in [1.29, 1.82) is 0 Å². The summed E-state index contributed by atoms with van der Waals surface area (Å²) in [6.45, 7) is 6.57. The number of hydrogen-bond donors (Lipinski definition) is 0. The summed E-state index contributed by atoms with van der Waals surface area (Å²) in [5.41, 5.74) is 3.35. The van der Waals surface area contributed by atoms with Crippen molar-refractivity contribution in [3.8, 4) is 0 Å². The molecule has 1 aromatic carbocycles. The molecule has 0 unspecified atom stereocenters. The monoisotopic (exact) mass is 446 g/mol. The van der Waals surface area contributed by atoms with Crippen LogP contribution >= 0.6 is 0 Å². The largest absolute Gasteiger partial charge is 0.368 e. The average Bonchev–Trinajstić information content (AvgIpc) is 3.27. The molecule has 2 saturated heterocycles. The van der Waals surface area contributed by atoms with Gasteiger partial charge in [-0.25, -0.2) is 9.50 Å². The van der Waals surface area contributed by atoms with Gasteiger partial charge in [-0.15, -0.1) is 0 Å². The second-order valence-electron chi connectivity index (χ2n) is 9.10. The Morgan fingerprint density at radius 2 is 1.67 bits per heavy atom. The molecule has 0 spiro atoms. The highest BCUT2D eigenvalue weighted by atomic mass is 16.2. The van der Waals surface area contributed by atoms with Gasteiger partial charge in [-0.05, 0) is 43.4 Å². The van der Waals surface area contributed by atoms with E-state index in [9.17, 15) is 9.59 Å². The molecule has 0 radical (unpaired) electrons. The Morgan fingerprint density at radius 1 is 0.939 bits per heavy atom. The molecule has 0 N–H and O–H groups in total. The maximum absolute atomic E-state index is 13.0. The molecule has 2 aromatic heterocycles. The van der Waals surface area contributed by atoms with Gasteiger partial charge in [-0.1, -0.05) is 18.2 Å². The van der Waals surface area contributed by atoms with E-state index in [2.05, 4.69) is 39.2 Å². The van der Waals surface area contributed by atoms with E-state index in [4.69, 9.17) is 0 Å². The van der Waals surface area contributed by atoms with Crippen molar-refractivity contribution in [3.05, 3.63) is 60.0 Å². The summed E-state index contributed by atoms with van der Waals surface area (Å²) in [6, 6.07) is 10.4. The minimum absolute atomic E-state index is 0.0248. The Bertz CT molecular complexity index is 1130. The van der Waals surface area contributed by atoms with Crippen molar-refractivity contribution in [3.63, 3.8) is 0 Å². The normalized spacial score (nSPS) is 17.5. The van der Waals surface area contributed by atoms with E-state index in [1.165, 1.54) is 5.69 Å². The number of piperazine rings is 1. The van der Waals surface area contributed by atoms with Crippen LogP contribution in [0.4, 0.5) is 5.69 Å². The van der Waals surface area contributed by atoms with Gasteiger partial charge in [0.05, 0.1) is 6.20 Å². The number of likely N-dealkylation sites (tertiary alicyclic amines) is 1. The molecule has 2 fully saturated rings. The summed E-state index contributed by atoms with van der Waals surface area (Å²) in [6.07, 6.45) is 7.52. The summed E-state index contributed by atoms with van der Waals surface area (Å²) < 4.78 is 1.66. The molecule has 3 aromatic rings. The number of anilines is 1.